The van der Waals surface area contributed by atoms with Crippen molar-refractivity contribution >= 4 is 34.1 Å². The average Bonchev–Trinajstić information content (AvgIpc) is 3.54. The van der Waals surface area contributed by atoms with Gasteiger partial charge in [0.25, 0.3) is 5.91 Å². The molecule has 9 nitrogen and oxygen atoms in total. The predicted octanol–water partition coefficient (Wildman–Crippen LogP) is 2.94. The highest BCUT2D eigenvalue weighted by Gasteiger charge is 2.39. The van der Waals surface area contributed by atoms with E-state index in [1.165, 1.54) is 22.3 Å². The maximum atomic E-state index is 13.8. The van der Waals surface area contributed by atoms with Crippen LogP contribution < -0.4 is 10.6 Å². The Bertz CT molecular complexity index is 1520. The van der Waals surface area contributed by atoms with Gasteiger partial charge in [-0.2, -0.15) is 5.10 Å². The molecule has 3 N–H and O–H groups in total. The zero-order chi connectivity index (χ0) is 24.6. The number of H-pyrrole nitrogens is 1. The van der Waals surface area contributed by atoms with Gasteiger partial charge in [-0.15, -0.1) is 0 Å². The van der Waals surface area contributed by atoms with E-state index in [1.54, 1.807) is 30.5 Å². The number of aromatic nitrogens is 4. The van der Waals surface area contributed by atoms with E-state index in [9.17, 15) is 9.59 Å². The maximum Gasteiger partial charge on any atom is 0.273 e. The highest BCUT2D eigenvalue weighted by atomic mass is 16.2. The van der Waals surface area contributed by atoms with Gasteiger partial charge in [0, 0.05) is 50.2 Å². The second kappa shape index (κ2) is 8.92. The van der Waals surface area contributed by atoms with E-state index >= 15 is 0 Å². The molecule has 0 saturated carbocycles. The summed E-state index contributed by atoms with van der Waals surface area (Å²) in [5, 5.41) is 13.1. The molecule has 0 fully saturated rings. The number of aromatic amines is 1. The molecule has 3 heterocycles. The molecular weight excluding hydrogens is 454 g/mol. The number of carbonyl (C=O) groups is 2. The molecule has 2 amide bonds. The quantitative estimate of drug-likeness (QED) is 0.405. The molecule has 180 valence electrons. The lowest BCUT2D eigenvalue weighted by Gasteiger charge is -2.35. The summed E-state index contributed by atoms with van der Waals surface area (Å²) in [4.78, 5) is 37.0. The van der Waals surface area contributed by atoms with Crippen molar-refractivity contribution in [2.24, 2.45) is 0 Å². The van der Waals surface area contributed by atoms with Gasteiger partial charge in [0.05, 0.1) is 17.2 Å². The van der Waals surface area contributed by atoms with Crippen LogP contribution in [0.4, 0.5) is 5.69 Å². The van der Waals surface area contributed by atoms with Crippen molar-refractivity contribution in [1.29, 1.82) is 0 Å². The van der Waals surface area contributed by atoms with E-state index < -0.39 is 6.04 Å². The molecule has 0 spiro atoms. The molecule has 1 aliphatic heterocycles. The molecular formula is C27H25N7O2. The van der Waals surface area contributed by atoms with Crippen molar-refractivity contribution in [1.82, 2.24) is 30.4 Å². The smallest absolute Gasteiger partial charge is 0.273 e. The van der Waals surface area contributed by atoms with E-state index in [4.69, 9.17) is 0 Å². The Morgan fingerprint density at radius 2 is 1.94 bits per heavy atom. The van der Waals surface area contributed by atoms with Crippen LogP contribution in [0.2, 0.25) is 0 Å². The highest BCUT2D eigenvalue weighted by molar-refractivity contribution is 5.99. The number of anilines is 1. The summed E-state index contributed by atoms with van der Waals surface area (Å²) in [5.41, 5.74) is 8.40. The van der Waals surface area contributed by atoms with E-state index in [0.717, 1.165) is 28.7 Å². The Balaban J connectivity index is 1.24. The maximum absolute atomic E-state index is 13.8. The molecule has 2 aliphatic rings. The van der Waals surface area contributed by atoms with Gasteiger partial charge in [0.15, 0.2) is 0 Å². The van der Waals surface area contributed by atoms with Crippen LogP contribution in [-0.4, -0.2) is 56.5 Å². The number of hydrogen-bond acceptors (Lipinski definition) is 6. The molecule has 9 heteroatoms. The van der Waals surface area contributed by atoms with Crippen LogP contribution in [0.15, 0.2) is 66.6 Å². The third kappa shape index (κ3) is 3.78. The van der Waals surface area contributed by atoms with E-state index in [2.05, 4.69) is 42.9 Å². The summed E-state index contributed by atoms with van der Waals surface area (Å²) in [6.45, 7) is 0.803. The molecule has 2 aromatic carbocycles. The van der Waals surface area contributed by atoms with Crippen LogP contribution in [0.5, 0.6) is 0 Å². The Hall–Kier alpha value is -4.53. The van der Waals surface area contributed by atoms with Crippen LogP contribution in [0, 0.1) is 0 Å². The van der Waals surface area contributed by atoms with Crippen molar-refractivity contribution in [3.63, 3.8) is 0 Å². The van der Waals surface area contributed by atoms with Gasteiger partial charge in [0.2, 0.25) is 5.91 Å². The van der Waals surface area contributed by atoms with Crippen molar-refractivity contribution < 1.29 is 9.59 Å². The van der Waals surface area contributed by atoms with Crippen LogP contribution in [-0.2, 0) is 17.8 Å². The van der Waals surface area contributed by atoms with Gasteiger partial charge in [-0.1, -0.05) is 24.3 Å². The molecule has 0 bridgehead atoms. The van der Waals surface area contributed by atoms with Crippen molar-refractivity contribution in [3.8, 4) is 0 Å². The van der Waals surface area contributed by atoms with E-state index in [1.807, 2.05) is 30.3 Å². The van der Waals surface area contributed by atoms with Gasteiger partial charge in [-0.05, 0) is 46.9 Å². The number of nitrogens with one attached hydrogen (secondary N) is 3. The fraction of sp³-hybridized carbons (Fsp3) is 0.222. The van der Waals surface area contributed by atoms with Gasteiger partial charge < -0.3 is 15.5 Å². The second-order valence-corrected chi connectivity index (χ2v) is 9.07. The third-order valence-corrected chi connectivity index (χ3v) is 7.00. The van der Waals surface area contributed by atoms with Crippen molar-refractivity contribution in [2.45, 2.75) is 25.4 Å². The average molecular weight is 480 g/mol. The van der Waals surface area contributed by atoms with Gasteiger partial charge in [-0.25, -0.2) is 0 Å². The zero-order valence-electron chi connectivity index (χ0n) is 19.8. The minimum atomic E-state index is -0.587. The normalized spacial score (nSPS) is 16.6. The summed E-state index contributed by atoms with van der Waals surface area (Å²) in [5.74, 6) is -0.402. The number of fused-ring (bicyclic) bond motifs is 3. The number of amides is 2. The monoisotopic (exact) mass is 479 g/mol. The Morgan fingerprint density at radius 1 is 1.11 bits per heavy atom. The Morgan fingerprint density at radius 3 is 2.81 bits per heavy atom. The topological polar surface area (TPSA) is 116 Å². The number of likely N-dealkylation sites (N-methyl/N-ethyl adjacent to an activating group) is 1. The summed E-state index contributed by atoms with van der Waals surface area (Å²) in [7, 11) is 1.61. The minimum absolute atomic E-state index is 0.171. The lowest BCUT2D eigenvalue weighted by molar-refractivity contribution is -0.125. The standard InChI is InChI=1S/C27H25N7O2/c1-28-26(35)24-12-21-17(10-16-4-2-3-5-20(16)21)15-34(24)27(36)25-18(14-32-33-25)13-31-19-6-7-22-23(11-19)30-9-8-29-22/h2-9,11,14,24,31H,10,12-13,15H2,1H3,(H,28,35)(H,32,33)/t24-/m1/s1. The first-order chi connectivity index (χ1) is 17.6. The zero-order valence-corrected chi connectivity index (χ0v) is 19.8. The number of carbonyl (C=O) groups excluding carboxylic acids is 2. The number of rotatable bonds is 5. The molecule has 0 saturated heterocycles. The first kappa shape index (κ1) is 22.0. The lowest BCUT2D eigenvalue weighted by atomic mass is 9.92. The second-order valence-electron chi connectivity index (χ2n) is 9.07. The van der Waals surface area contributed by atoms with Crippen LogP contribution in [0.25, 0.3) is 16.6 Å². The molecule has 0 unspecified atom stereocenters. The summed E-state index contributed by atoms with van der Waals surface area (Å²) in [6.07, 6.45) is 6.27. The predicted molar refractivity (Wildman–Crippen MR) is 136 cm³/mol. The third-order valence-electron chi connectivity index (χ3n) is 7.00. The minimum Gasteiger partial charge on any atom is -0.381 e. The van der Waals surface area contributed by atoms with Gasteiger partial charge >= 0.3 is 0 Å². The lowest BCUT2D eigenvalue weighted by Crippen LogP contribution is -2.51. The molecule has 1 atom stereocenters. The fourth-order valence-corrected chi connectivity index (χ4v) is 5.18. The van der Waals surface area contributed by atoms with Crippen LogP contribution in [0.3, 0.4) is 0 Å². The van der Waals surface area contributed by atoms with Gasteiger partial charge in [-0.3, -0.25) is 24.7 Å². The Labute approximate surface area is 207 Å². The van der Waals surface area contributed by atoms with Crippen LogP contribution in [0.1, 0.15) is 33.6 Å². The first-order valence-corrected chi connectivity index (χ1v) is 11.9. The molecule has 0 radical (unpaired) electrons. The van der Waals surface area contributed by atoms with Crippen molar-refractivity contribution in [3.05, 3.63) is 89.0 Å². The van der Waals surface area contributed by atoms with Crippen LogP contribution >= 0.6 is 0 Å². The molecule has 6 rings (SSSR count). The molecule has 4 aromatic rings. The Kier molecular flexibility index (Phi) is 5.44. The highest BCUT2D eigenvalue weighted by Crippen LogP contribution is 2.40. The van der Waals surface area contributed by atoms with Gasteiger partial charge in [0.1, 0.15) is 11.7 Å². The SMILES string of the molecule is CNC(=O)[C@H]1CC2=C(Cc3ccccc32)CN1C(=O)c1[nH]ncc1CNc1ccc2nccnc2c1. The number of hydrogen-bond donors (Lipinski definition) is 3. The summed E-state index contributed by atoms with van der Waals surface area (Å²) >= 11 is 0. The van der Waals surface area contributed by atoms with Crippen molar-refractivity contribution in [2.75, 3.05) is 18.9 Å². The molecule has 36 heavy (non-hydrogen) atoms. The largest absolute Gasteiger partial charge is 0.381 e. The summed E-state index contributed by atoms with van der Waals surface area (Å²) in [6, 6.07) is 13.4. The summed E-state index contributed by atoms with van der Waals surface area (Å²) < 4.78 is 0. The fourth-order valence-electron chi connectivity index (χ4n) is 5.18. The number of benzene rings is 2. The molecule has 1 aliphatic carbocycles. The van der Waals surface area contributed by atoms with E-state index in [0.29, 0.717) is 25.2 Å². The molecule has 2 aromatic heterocycles. The number of nitrogens with zero attached hydrogens (tertiary/aromatic N) is 4. The van der Waals surface area contributed by atoms with E-state index in [-0.39, 0.29) is 11.8 Å². The first-order valence-electron chi connectivity index (χ1n) is 11.9.